The fraction of sp³-hybridized carbons (Fsp3) is 0.391. The molecule has 1 aliphatic heterocycles. The molecule has 1 fully saturated rings. The van der Waals surface area contributed by atoms with Crippen LogP contribution in [-0.2, 0) is 19.6 Å². The molecule has 2 aromatic rings. The Hall–Kier alpha value is -2.89. The molecule has 0 spiro atoms. The number of morpholine rings is 1. The first-order chi connectivity index (χ1) is 16.1. The lowest BCUT2D eigenvalue weighted by Crippen LogP contribution is -2.50. The molecule has 8 nitrogen and oxygen atoms in total. The second kappa shape index (κ2) is 11.0. The van der Waals surface area contributed by atoms with Crippen LogP contribution < -0.4 is 4.74 Å². The van der Waals surface area contributed by atoms with E-state index < -0.39 is 45.2 Å². The van der Waals surface area contributed by atoms with Crippen molar-refractivity contribution in [2.75, 3.05) is 39.9 Å². The van der Waals surface area contributed by atoms with E-state index in [1.54, 1.807) is 25.1 Å². The number of ether oxygens (including phenoxy) is 2. The minimum absolute atomic E-state index is 0.0632. The van der Waals surface area contributed by atoms with Gasteiger partial charge in [-0.05, 0) is 24.3 Å². The van der Waals surface area contributed by atoms with Crippen LogP contribution >= 0.6 is 0 Å². The highest BCUT2D eigenvalue weighted by Crippen LogP contribution is 2.25. The van der Waals surface area contributed by atoms with Gasteiger partial charge in [0, 0.05) is 25.6 Å². The van der Waals surface area contributed by atoms with E-state index in [9.17, 15) is 26.8 Å². The zero-order valence-corrected chi connectivity index (χ0v) is 19.7. The summed E-state index contributed by atoms with van der Waals surface area (Å²) < 4.78 is 65.6. The molecule has 1 heterocycles. The molecule has 0 bridgehead atoms. The van der Waals surface area contributed by atoms with Crippen molar-refractivity contribution < 1.29 is 36.3 Å². The number of amides is 1. The molecule has 1 amide bonds. The maximum Gasteiger partial charge on any atom is 0.243 e. The van der Waals surface area contributed by atoms with Crippen LogP contribution in [0.3, 0.4) is 0 Å². The summed E-state index contributed by atoms with van der Waals surface area (Å²) in [4.78, 5) is 25.9. The highest BCUT2D eigenvalue weighted by molar-refractivity contribution is 7.89. The van der Waals surface area contributed by atoms with Crippen LogP contribution in [0.25, 0.3) is 0 Å². The van der Waals surface area contributed by atoms with Gasteiger partial charge in [-0.25, -0.2) is 17.2 Å². The molecule has 0 saturated carbocycles. The van der Waals surface area contributed by atoms with Gasteiger partial charge in [0.1, 0.15) is 12.7 Å². The molecule has 34 heavy (non-hydrogen) atoms. The Morgan fingerprint density at radius 3 is 2.44 bits per heavy atom. The number of ketones is 1. The average molecular weight is 497 g/mol. The third-order valence-electron chi connectivity index (χ3n) is 5.36. The zero-order valence-electron chi connectivity index (χ0n) is 18.9. The number of hydrogen-bond acceptors (Lipinski definition) is 6. The van der Waals surface area contributed by atoms with E-state index in [1.807, 2.05) is 0 Å². The van der Waals surface area contributed by atoms with E-state index in [2.05, 4.69) is 0 Å². The van der Waals surface area contributed by atoms with Crippen LogP contribution in [0.4, 0.5) is 8.78 Å². The molecule has 0 N–H and O–H groups in total. The second-order valence-electron chi connectivity index (χ2n) is 7.76. The summed E-state index contributed by atoms with van der Waals surface area (Å²) >= 11 is 0. The molecule has 0 aromatic heterocycles. The maximum atomic E-state index is 14.3. The van der Waals surface area contributed by atoms with Gasteiger partial charge in [-0.1, -0.05) is 25.1 Å². The first-order valence-electron chi connectivity index (χ1n) is 10.7. The number of nitrogens with zero attached hydrogens (tertiary/aromatic N) is 2. The monoisotopic (exact) mass is 496 g/mol. The summed E-state index contributed by atoms with van der Waals surface area (Å²) in [6, 6.07) is 9.61. The Balaban J connectivity index is 1.59. The fourth-order valence-corrected chi connectivity index (χ4v) is 4.58. The number of halogens is 2. The molecule has 2 aromatic carbocycles. The van der Waals surface area contributed by atoms with Crippen molar-refractivity contribution >= 4 is 21.7 Å². The summed E-state index contributed by atoms with van der Waals surface area (Å²) in [5, 5.41) is 0. The van der Waals surface area contributed by atoms with Gasteiger partial charge in [-0.3, -0.25) is 9.59 Å². The quantitative estimate of drug-likeness (QED) is 0.496. The van der Waals surface area contributed by atoms with Gasteiger partial charge in [0.25, 0.3) is 0 Å². The SMILES string of the molecule is CCC(=O)c1cc(F)c(OCC2CN(C(=O)CN(C)S(=O)(=O)c3ccccc3)CCO2)c(F)c1. The lowest BCUT2D eigenvalue weighted by atomic mass is 10.1. The van der Waals surface area contributed by atoms with E-state index in [4.69, 9.17) is 9.47 Å². The van der Waals surface area contributed by atoms with Crippen LogP contribution in [0, 0.1) is 11.6 Å². The Morgan fingerprint density at radius 1 is 1.18 bits per heavy atom. The smallest absolute Gasteiger partial charge is 0.243 e. The number of sulfonamides is 1. The number of carbonyl (C=O) groups excluding carboxylic acids is 2. The van der Waals surface area contributed by atoms with Gasteiger partial charge in [-0.2, -0.15) is 4.31 Å². The Kier molecular flexibility index (Phi) is 8.34. The van der Waals surface area contributed by atoms with Crippen molar-refractivity contribution in [1.82, 2.24) is 9.21 Å². The summed E-state index contributed by atoms with van der Waals surface area (Å²) in [5.41, 5.74) is -0.0786. The summed E-state index contributed by atoms with van der Waals surface area (Å²) in [7, 11) is -2.51. The molecule has 3 rings (SSSR count). The summed E-state index contributed by atoms with van der Waals surface area (Å²) in [5.74, 6) is -3.47. The number of rotatable bonds is 9. The predicted octanol–water partition coefficient (Wildman–Crippen LogP) is 2.48. The van der Waals surface area contributed by atoms with E-state index in [0.717, 1.165) is 16.4 Å². The van der Waals surface area contributed by atoms with Crippen LogP contribution in [0.5, 0.6) is 5.75 Å². The molecule has 1 atom stereocenters. The van der Waals surface area contributed by atoms with Gasteiger partial charge < -0.3 is 14.4 Å². The summed E-state index contributed by atoms with van der Waals surface area (Å²) in [6.07, 6.45) is -0.565. The lowest BCUT2D eigenvalue weighted by Gasteiger charge is -2.33. The minimum Gasteiger partial charge on any atom is -0.485 e. The molecular formula is C23H26F2N2O6S. The summed E-state index contributed by atoms with van der Waals surface area (Å²) in [6.45, 7) is 1.44. The van der Waals surface area contributed by atoms with Gasteiger partial charge in [0.2, 0.25) is 15.9 Å². The Labute approximate surface area is 197 Å². The molecule has 1 saturated heterocycles. The van der Waals surface area contributed by atoms with E-state index in [0.29, 0.717) is 0 Å². The number of benzene rings is 2. The van der Waals surface area contributed by atoms with Crippen molar-refractivity contribution in [2.45, 2.75) is 24.3 Å². The molecule has 11 heteroatoms. The molecular weight excluding hydrogens is 470 g/mol. The maximum absolute atomic E-state index is 14.3. The Morgan fingerprint density at radius 2 is 1.82 bits per heavy atom. The number of Topliss-reactive ketones (excluding diaryl/α,β-unsaturated/α-hetero) is 1. The third kappa shape index (κ3) is 5.96. The fourth-order valence-electron chi connectivity index (χ4n) is 3.43. The second-order valence-corrected chi connectivity index (χ2v) is 9.81. The lowest BCUT2D eigenvalue weighted by molar-refractivity contribution is -0.139. The van der Waals surface area contributed by atoms with Crippen LogP contribution in [0.2, 0.25) is 0 Å². The molecule has 0 aliphatic carbocycles. The first kappa shape index (κ1) is 25.7. The normalized spacial score (nSPS) is 16.5. The van der Waals surface area contributed by atoms with E-state index >= 15 is 0 Å². The topological polar surface area (TPSA) is 93.2 Å². The van der Waals surface area contributed by atoms with Crippen LogP contribution in [0.1, 0.15) is 23.7 Å². The number of hydrogen-bond donors (Lipinski definition) is 0. The van der Waals surface area contributed by atoms with Gasteiger partial charge >= 0.3 is 0 Å². The van der Waals surface area contributed by atoms with Crippen molar-refractivity contribution in [3.05, 3.63) is 59.7 Å². The van der Waals surface area contributed by atoms with E-state index in [-0.39, 0.29) is 49.7 Å². The molecule has 1 aliphatic rings. The van der Waals surface area contributed by atoms with Crippen molar-refractivity contribution in [2.24, 2.45) is 0 Å². The number of carbonyl (C=O) groups is 2. The first-order valence-corrected chi connectivity index (χ1v) is 12.1. The van der Waals surface area contributed by atoms with Crippen molar-refractivity contribution in [3.63, 3.8) is 0 Å². The standard InChI is InChI=1S/C23H26F2N2O6S/c1-3-21(28)16-11-19(24)23(20(25)12-16)33-15-17-13-27(9-10-32-17)22(29)14-26(2)34(30,31)18-7-5-4-6-8-18/h4-8,11-12,17H,3,9-10,13-15H2,1-2H3. The van der Waals surface area contributed by atoms with Crippen molar-refractivity contribution in [3.8, 4) is 5.75 Å². The predicted molar refractivity (Wildman–Crippen MR) is 119 cm³/mol. The van der Waals surface area contributed by atoms with Crippen molar-refractivity contribution in [1.29, 1.82) is 0 Å². The molecule has 184 valence electrons. The largest absolute Gasteiger partial charge is 0.485 e. The minimum atomic E-state index is -3.83. The molecule has 0 radical (unpaired) electrons. The third-order valence-corrected chi connectivity index (χ3v) is 7.17. The highest BCUT2D eigenvalue weighted by atomic mass is 32.2. The molecule has 1 unspecified atom stereocenters. The van der Waals surface area contributed by atoms with Gasteiger partial charge in [-0.15, -0.1) is 0 Å². The van der Waals surface area contributed by atoms with Crippen LogP contribution in [0.15, 0.2) is 47.4 Å². The van der Waals surface area contributed by atoms with Gasteiger partial charge in [0.15, 0.2) is 23.2 Å². The number of likely N-dealkylation sites (N-methyl/N-ethyl adjacent to an activating group) is 1. The van der Waals surface area contributed by atoms with E-state index in [1.165, 1.54) is 24.1 Å². The zero-order chi connectivity index (χ0) is 24.9. The van der Waals surface area contributed by atoms with Crippen LogP contribution in [-0.4, -0.2) is 75.3 Å². The Bertz CT molecular complexity index is 1120. The van der Waals surface area contributed by atoms with Gasteiger partial charge in [0.05, 0.1) is 24.6 Å². The highest BCUT2D eigenvalue weighted by Gasteiger charge is 2.29. The average Bonchev–Trinajstić information content (AvgIpc) is 2.83.